The van der Waals surface area contributed by atoms with Gasteiger partial charge in [0.2, 0.25) is 5.91 Å². The minimum absolute atomic E-state index is 0.0683. The van der Waals surface area contributed by atoms with Gasteiger partial charge < -0.3 is 15.4 Å². The van der Waals surface area contributed by atoms with Gasteiger partial charge in [-0.25, -0.2) is 4.79 Å². The van der Waals surface area contributed by atoms with Crippen LogP contribution in [-0.4, -0.2) is 35.9 Å². The highest BCUT2D eigenvalue weighted by molar-refractivity contribution is 6.09. The zero-order valence-corrected chi connectivity index (χ0v) is 15.5. The van der Waals surface area contributed by atoms with Crippen molar-refractivity contribution in [2.45, 2.75) is 25.6 Å². The topological polar surface area (TPSA) is 87.7 Å². The van der Waals surface area contributed by atoms with Gasteiger partial charge in [0.15, 0.2) is 0 Å². The zero-order valence-electron chi connectivity index (χ0n) is 15.5. The van der Waals surface area contributed by atoms with E-state index >= 15 is 0 Å². The zero-order chi connectivity index (χ0) is 21.0. The van der Waals surface area contributed by atoms with Crippen molar-refractivity contribution in [1.29, 1.82) is 0 Å². The smallest absolute Gasteiger partial charge is 0.387 e. The molecule has 2 aromatic rings. The van der Waals surface area contributed by atoms with Crippen LogP contribution >= 0.6 is 0 Å². The highest BCUT2D eigenvalue weighted by atomic mass is 19.3. The van der Waals surface area contributed by atoms with E-state index in [2.05, 4.69) is 15.4 Å². The van der Waals surface area contributed by atoms with Gasteiger partial charge in [0.25, 0.3) is 5.91 Å². The Balaban J connectivity index is 1.66. The van der Waals surface area contributed by atoms with Crippen LogP contribution in [0, 0.1) is 0 Å². The monoisotopic (exact) mass is 403 g/mol. The summed E-state index contributed by atoms with van der Waals surface area (Å²) in [5.41, 5.74) is -0.154. The molecule has 1 fully saturated rings. The van der Waals surface area contributed by atoms with Crippen molar-refractivity contribution in [1.82, 2.24) is 15.5 Å². The Morgan fingerprint density at radius 1 is 1.14 bits per heavy atom. The van der Waals surface area contributed by atoms with Gasteiger partial charge in [0.1, 0.15) is 17.8 Å². The summed E-state index contributed by atoms with van der Waals surface area (Å²) in [5.74, 6) is -1.16. The van der Waals surface area contributed by atoms with Gasteiger partial charge in [-0.15, -0.1) is 0 Å². The molecule has 2 aromatic carbocycles. The number of ether oxygens (including phenoxy) is 1. The van der Waals surface area contributed by atoms with Crippen LogP contribution in [-0.2, 0) is 21.7 Å². The molecule has 4 amide bonds. The van der Waals surface area contributed by atoms with Gasteiger partial charge in [-0.3, -0.25) is 14.5 Å². The summed E-state index contributed by atoms with van der Waals surface area (Å²) in [6.07, 6.45) is 0. The lowest BCUT2D eigenvalue weighted by Gasteiger charge is -2.22. The molecule has 1 saturated heterocycles. The standard InChI is InChI=1S/C20H19F2N3O4/c1-20(14-7-9-15(10-8-14)29-18(21)22)17(27)25(19(28)24-20)12-16(26)23-11-13-5-3-2-4-6-13/h2-10,18H,11-12H2,1H3,(H,23,26)(H,24,28)/t20-/m1/s1. The Hall–Kier alpha value is -3.49. The first-order valence-electron chi connectivity index (χ1n) is 8.79. The summed E-state index contributed by atoms with van der Waals surface area (Å²) in [6, 6.07) is 13.9. The van der Waals surface area contributed by atoms with E-state index in [-0.39, 0.29) is 12.3 Å². The lowest BCUT2D eigenvalue weighted by Crippen LogP contribution is -2.43. The number of imide groups is 1. The molecule has 2 N–H and O–H groups in total. The van der Waals surface area contributed by atoms with E-state index in [0.29, 0.717) is 5.56 Å². The van der Waals surface area contributed by atoms with Gasteiger partial charge in [-0.1, -0.05) is 42.5 Å². The lowest BCUT2D eigenvalue weighted by molar-refractivity contribution is -0.134. The maximum absolute atomic E-state index is 12.8. The Morgan fingerprint density at radius 2 is 1.79 bits per heavy atom. The number of hydrogen-bond donors (Lipinski definition) is 2. The molecule has 7 nitrogen and oxygen atoms in total. The number of hydrogen-bond acceptors (Lipinski definition) is 4. The first-order chi connectivity index (χ1) is 13.8. The normalized spacial score (nSPS) is 18.7. The molecule has 29 heavy (non-hydrogen) atoms. The Kier molecular flexibility index (Phi) is 5.76. The Morgan fingerprint density at radius 3 is 2.41 bits per heavy atom. The summed E-state index contributed by atoms with van der Waals surface area (Å²) >= 11 is 0. The Bertz CT molecular complexity index is 906. The third-order valence-electron chi connectivity index (χ3n) is 4.57. The number of amides is 4. The minimum Gasteiger partial charge on any atom is -0.435 e. The summed E-state index contributed by atoms with van der Waals surface area (Å²) in [4.78, 5) is 38.1. The van der Waals surface area contributed by atoms with Gasteiger partial charge in [-0.05, 0) is 30.2 Å². The molecule has 1 atom stereocenters. The average Bonchev–Trinajstić information content (AvgIpc) is 2.91. The predicted octanol–water partition coefficient (Wildman–Crippen LogP) is 2.37. The molecule has 0 radical (unpaired) electrons. The molecule has 3 rings (SSSR count). The van der Waals surface area contributed by atoms with Crippen molar-refractivity contribution in [2.24, 2.45) is 0 Å². The van der Waals surface area contributed by atoms with Crippen molar-refractivity contribution in [3.63, 3.8) is 0 Å². The molecule has 0 spiro atoms. The number of alkyl halides is 2. The molecule has 0 aromatic heterocycles. The van der Waals surface area contributed by atoms with Crippen molar-refractivity contribution in [2.75, 3.05) is 6.54 Å². The second-order valence-corrected chi connectivity index (χ2v) is 6.61. The number of benzene rings is 2. The van der Waals surface area contributed by atoms with E-state index in [0.717, 1.165) is 10.5 Å². The minimum atomic E-state index is -2.96. The number of halogens is 2. The van der Waals surface area contributed by atoms with Crippen LogP contribution in [0.15, 0.2) is 54.6 Å². The quantitative estimate of drug-likeness (QED) is 0.695. The number of urea groups is 1. The maximum Gasteiger partial charge on any atom is 0.387 e. The van der Waals surface area contributed by atoms with Gasteiger partial charge >= 0.3 is 12.6 Å². The molecule has 1 heterocycles. The first-order valence-corrected chi connectivity index (χ1v) is 8.79. The molecular formula is C20H19F2N3O4. The molecule has 0 unspecified atom stereocenters. The molecule has 152 valence electrons. The van der Waals surface area contributed by atoms with Crippen molar-refractivity contribution < 1.29 is 27.9 Å². The molecule has 1 aliphatic rings. The Labute approximate surface area is 165 Å². The van der Waals surface area contributed by atoms with Crippen molar-refractivity contribution >= 4 is 17.8 Å². The van der Waals surface area contributed by atoms with E-state index in [1.165, 1.54) is 31.2 Å². The van der Waals surface area contributed by atoms with E-state index < -0.39 is 36.5 Å². The molecule has 0 bridgehead atoms. The van der Waals surface area contributed by atoms with Crippen LogP contribution < -0.4 is 15.4 Å². The van der Waals surface area contributed by atoms with Crippen LogP contribution in [0.5, 0.6) is 5.75 Å². The third kappa shape index (κ3) is 4.50. The van der Waals surface area contributed by atoms with E-state index in [1.807, 2.05) is 30.3 Å². The van der Waals surface area contributed by atoms with Gasteiger partial charge in [0.05, 0.1) is 0 Å². The van der Waals surface area contributed by atoms with Crippen LogP contribution in [0.3, 0.4) is 0 Å². The number of rotatable bonds is 7. The maximum atomic E-state index is 12.8. The molecule has 9 heteroatoms. The average molecular weight is 403 g/mol. The van der Waals surface area contributed by atoms with Crippen LogP contribution in [0.25, 0.3) is 0 Å². The molecule has 1 aliphatic heterocycles. The molecule has 0 aliphatic carbocycles. The highest BCUT2D eigenvalue weighted by Gasteiger charge is 2.49. The van der Waals surface area contributed by atoms with Crippen molar-refractivity contribution in [3.8, 4) is 5.75 Å². The summed E-state index contributed by atoms with van der Waals surface area (Å²) in [5, 5.41) is 5.21. The predicted molar refractivity (Wildman–Crippen MR) is 99.0 cm³/mol. The fraction of sp³-hybridized carbons (Fsp3) is 0.250. The SMILES string of the molecule is C[C@]1(c2ccc(OC(F)F)cc2)NC(=O)N(CC(=O)NCc2ccccc2)C1=O. The second-order valence-electron chi connectivity index (χ2n) is 6.61. The number of nitrogens with one attached hydrogen (secondary N) is 2. The van der Waals surface area contributed by atoms with Crippen LogP contribution in [0.1, 0.15) is 18.1 Å². The van der Waals surface area contributed by atoms with Crippen LogP contribution in [0.4, 0.5) is 13.6 Å². The molecule has 0 saturated carbocycles. The molecular weight excluding hydrogens is 384 g/mol. The fourth-order valence-corrected chi connectivity index (χ4v) is 3.00. The van der Waals surface area contributed by atoms with E-state index in [9.17, 15) is 23.2 Å². The highest BCUT2D eigenvalue weighted by Crippen LogP contribution is 2.30. The first kappa shape index (κ1) is 20.2. The van der Waals surface area contributed by atoms with Gasteiger partial charge in [0, 0.05) is 6.54 Å². The largest absolute Gasteiger partial charge is 0.435 e. The fourth-order valence-electron chi connectivity index (χ4n) is 3.00. The van der Waals surface area contributed by atoms with E-state index in [1.54, 1.807) is 0 Å². The lowest BCUT2D eigenvalue weighted by atomic mass is 9.92. The van der Waals surface area contributed by atoms with E-state index in [4.69, 9.17) is 0 Å². The van der Waals surface area contributed by atoms with Crippen molar-refractivity contribution in [3.05, 3.63) is 65.7 Å². The third-order valence-corrected chi connectivity index (χ3v) is 4.57. The summed E-state index contributed by atoms with van der Waals surface area (Å²) in [7, 11) is 0. The van der Waals surface area contributed by atoms with Crippen LogP contribution in [0.2, 0.25) is 0 Å². The number of carbonyl (C=O) groups excluding carboxylic acids is 3. The summed E-state index contributed by atoms with van der Waals surface area (Å²) < 4.78 is 28.8. The van der Waals surface area contributed by atoms with Gasteiger partial charge in [-0.2, -0.15) is 8.78 Å². The number of nitrogens with zero attached hydrogens (tertiary/aromatic N) is 1. The summed E-state index contributed by atoms with van der Waals surface area (Å²) in [6.45, 7) is -1.64. The second kappa shape index (κ2) is 8.26. The number of carbonyl (C=O) groups is 3.